The van der Waals surface area contributed by atoms with Crippen LogP contribution >= 0.6 is 18.5 Å². The molecule has 0 saturated heterocycles. The highest BCUT2D eigenvalue weighted by Crippen LogP contribution is 2.65. The third kappa shape index (κ3) is 1.51. The standard InChI is InChI=1S/C11H15OPS/c1-8-7-13(3,12)11(9(8)2)10-5-4-6-14-10/h4-6,11H,7H2,1-3H3/t11-,13?/m0/s1. The number of thiophene rings is 1. The summed E-state index contributed by atoms with van der Waals surface area (Å²) < 4.78 is 12.4. The summed E-state index contributed by atoms with van der Waals surface area (Å²) >= 11 is 1.72. The first-order valence-corrected chi connectivity index (χ1v) is 8.07. The van der Waals surface area contributed by atoms with Crippen LogP contribution in [-0.4, -0.2) is 12.8 Å². The van der Waals surface area contributed by atoms with Crippen molar-refractivity contribution in [3.05, 3.63) is 33.5 Å². The Hall–Kier alpha value is -0.330. The third-order valence-electron chi connectivity index (χ3n) is 2.99. The van der Waals surface area contributed by atoms with Crippen molar-refractivity contribution in [2.75, 3.05) is 12.8 Å². The molecule has 1 aromatic rings. The van der Waals surface area contributed by atoms with Crippen LogP contribution in [0.3, 0.4) is 0 Å². The summed E-state index contributed by atoms with van der Waals surface area (Å²) in [6.45, 7) is 6.18. The fourth-order valence-corrected chi connectivity index (χ4v) is 6.93. The Morgan fingerprint density at radius 2 is 2.21 bits per heavy atom. The highest BCUT2D eigenvalue weighted by Gasteiger charge is 2.38. The van der Waals surface area contributed by atoms with Crippen LogP contribution in [0.1, 0.15) is 24.4 Å². The van der Waals surface area contributed by atoms with Gasteiger partial charge in [0.25, 0.3) is 0 Å². The molecule has 1 aliphatic rings. The van der Waals surface area contributed by atoms with E-state index in [4.69, 9.17) is 0 Å². The number of allylic oxidation sites excluding steroid dienone is 2. The first-order chi connectivity index (χ1) is 6.52. The molecule has 2 atom stereocenters. The molecule has 0 saturated carbocycles. The van der Waals surface area contributed by atoms with Gasteiger partial charge in [0.15, 0.2) is 0 Å². The van der Waals surface area contributed by atoms with Gasteiger partial charge >= 0.3 is 0 Å². The summed E-state index contributed by atoms with van der Waals surface area (Å²) in [5.74, 6) is 0. The molecule has 0 aromatic carbocycles. The monoisotopic (exact) mass is 226 g/mol. The molecule has 0 spiro atoms. The lowest BCUT2D eigenvalue weighted by Crippen LogP contribution is -1.93. The molecular weight excluding hydrogens is 211 g/mol. The largest absolute Gasteiger partial charge is 0.323 e. The van der Waals surface area contributed by atoms with Gasteiger partial charge in [0.05, 0.1) is 5.66 Å². The van der Waals surface area contributed by atoms with Gasteiger partial charge in [-0.15, -0.1) is 11.3 Å². The van der Waals surface area contributed by atoms with E-state index in [9.17, 15) is 4.57 Å². The molecule has 0 aliphatic carbocycles. The summed E-state index contributed by atoms with van der Waals surface area (Å²) in [6.07, 6.45) is 0.807. The molecule has 14 heavy (non-hydrogen) atoms. The minimum Gasteiger partial charge on any atom is -0.323 e. The second-order valence-electron chi connectivity index (χ2n) is 4.21. The van der Waals surface area contributed by atoms with E-state index in [0.29, 0.717) is 0 Å². The van der Waals surface area contributed by atoms with Crippen molar-refractivity contribution < 1.29 is 4.57 Å². The molecule has 76 valence electrons. The summed E-state index contributed by atoms with van der Waals surface area (Å²) in [7, 11) is -2.02. The van der Waals surface area contributed by atoms with E-state index in [1.165, 1.54) is 16.0 Å². The Kier molecular flexibility index (Phi) is 2.45. The van der Waals surface area contributed by atoms with Crippen molar-refractivity contribution >= 4 is 18.5 Å². The van der Waals surface area contributed by atoms with Crippen molar-refractivity contribution in [1.29, 1.82) is 0 Å². The minimum atomic E-state index is -2.02. The molecule has 3 heteroatoms. The normalized spacial score (nSPS) is 32.6. The van der Waals surface area contributed by atoms with E-state index in [1.54, 1.807) is 11.3 Å². The smallest absolute Gasteiger partial charge is 0.100 e. The van der Waals surface area contributed by atoms with Gasteiger partial charge in [0, 0.05) is 11.0 Å². The summed E-state index contributed by atoms with van der Waals surface area (Å²) in [5.41, 5.74) is 2.87. The molecule has 0 radical (unpaired) electrons. The molecule has 0 amide bonds. The van der Waals surface area contributed by atoms with Crippen LogP contribution in [0.15, 0.2) is 28.7 Å². The highest BCUT2D eigenvalue weighted by atomic mass is 32.1. The van der Waals surface area contributed by atoms with Crippen LogP contribution < -0.4 is 0 Å². The van der Waals surface area contributed by atoms with Crippen LogP contribution in [0, 0.1) is 0 Å². The van der Waals surface area contributed by atoms with E-state index in [1.807, 2.05) is 12.7 Å². The fraction of sp³-hybridized carbons (Fsp3) is 0.455. The van der Waals surface area contributed by atoms with E-state index >= 15 is 0 Å². The van der Waals surface area contributed by atoms with Crippen LogP contribution in [0.25, 0.3) is 0 Å². The zero-order chi connectivity index (χ0) is 10.3. The Balaban J connectivity index is 2.48. The average Bonchev–Trinajstić information content (AvgIpc) is 2.60. The summed E-state index contributed by atoms with van der Waals surface area (Å²) in [6, 6.07) is 4.15. The lowest BCUT2D eigenvalue weighted by atomic mass is 10.1. The predicted octanol–water partition coefficient (Wildman–Crippen LogP) is 4.13. The van der Waals surface area contributed by atoms with E-state index < -0.39 is 7.14 Å². The van der Waals surface area contributed by atoms with Gasteiger partial charge in [-0.05, 0) is 32.0 Å². The van der Waals surface area contributed by atoms with Crippen molar-refractivity contribution in [2.45, 2.75) is 19.5 Å². The Morgan fingerprint density at radius 3 is 2.64 bits per heavy atom. The Labute approximate surface area is 89.2 Å². The molecule has 1 unspecified atom stereocenters. The number of hydrogen-bond donors (Lipinski definition) is 0. The SMILES string of the molecule is CC1=C(C)[C@@H](c2cccs2)P(C)(=O)C1. The van der Waals surface area contributed by atoms with Crippen LogP contribution in [0.2, 0.25) is 0 Å². The van der Waals surface area contributed by atoms with E-state index in [2.05, 4.69) is 25.3 Å². The van der Waals surface area contributed by atoms with Gasteiger partial charge < -0.3 is 4.57 Å². The summed E-state index contributed by atoms with van der Waals surface area (Å²) in [4.78, 5) is 1.27. The number of hydrogen-bond acceptors (Lipinski definition) is 2. The van der Waals surface area contributed by atoms with Crippen molar-refractivity contribution in [3.8, 4) is 0 Å². The molecule has 1 aromatic heterocycles. The Bertz CT molecular complexity index is 417. The van der Waals surface area contributed by atoms with Crippen LogP contribution in [-0.2, 0) is 4.57 Å². The molecule has 2 heterocycles. The molecule has 1 aliphatic heterocycles. The second kappa shape index (κ2) is 3.36. The average molecular weight is 226 g/mol. The Morgan fingerprint density at radius 1 is 1.50 bits per heavy atom. The van der Waals surface area contributed by atoms with Crippen molar-refractivity contribution in [2.24, 2.45) is 0 Å². The quantitative estimate of drug-likeness (QED) is 0.519. The third-order valence-corrected chi connectivity index (χ3v) is 6.97. The van der Waals surface area contributed by atoms with E-state index in [0.717, 1.165) is 6.16 Å². The van der Waals surface area contributed by atoms with Gasteiger partial charge in [0.1, 0.15) is 7.14 Å². The second-order valence-corrected chi connectivity index (χ2v) is 8.37. The van der Waals surface area contributed by atoms with Gasteiger partial charge in [-0.1, -0.05) is 17.2 Å². The molecule has 0 bridgehead atoms. The first-order valence-electron chi connectivity index (χ1n) is 4.78. The highest BCUT2D eigenvalue weighted by molar-refractivity contribution is 7.64. The van der Waals surface area contributed by atoms with Gasteiger partial charge in [-0.3, -0.25) is 0 Å². The van der Waals surface area contributed by atoms with Crippen molar-refractivity contribution in [1.82, 2.24) is 0 Å². The predicted molar refractivity (Wildman–Crippen MR) is 63.8 cm³/mol. The van der Waals surface area contributed by atoms with E-state index in [-0.39, 0.29) is 5.66 Å². The molecule has 2 rings (SSSR count). The topological polar surface area (TPSA) is 17.1 Å². The lowest BCUT2D eigenvalue weighted by molar-refractivity contribution is 0.577. The van der Waals surface area contributed by atoms with Gasteiger partial charge in [-0.2, -0.15) is 0 Å². The summed E-state index contributed by atoms with van der Waals surface area (Å²) in [5, 5.41) is 2.07. The molecule has 0 fully saturated rings. The minimum absolute atomic E-state index is 0.211. The first kappa shape index (κ1) is 10.2. The zero-order valence-corrected chi connectivity index (χ0v) is 10.5. The maximum atomic E-state index is 12.4. The maximum Gasteiger partial charge on any atom is 0.100 e. The molecule has 1 nitrogen and oxygen atoms in total. The number of rotatable bonds is 1. The van der Waals surface area contributed by atoms with Gasteiger partial charge in [-0.25, -0.2) is 0 Å². The van der Waals surface area contributed by atoms with Crippen molar-refractivity contribution in [3.63, 3.8) is 0 Å². The maximum absolute atomic E-state index is 12.4. The molecule has 0 N–H and O–H groups in total. The van der Waals surface area contributed by atoms with Crippen LogP contribution in [0.4, 0.5) is 0 Å². The molecular formula is C11H15OPS. The van der Waals surface area contributed by atoms with Gasteiger partial charge in [0.2, 0.25) is 0 Å². The lowest BCUT2D eigenvalue weighted by Gasteiger charge is -2.16. The fourth-order valence-electron chi connectivity index (χ4n) is 2.26. The van der Waals surface area contributed by atoms with Crippen LogP contribution in [0.5, 0.6) is 0 Å². The zero-order valence-electron chi connectivity index (χ0n) is 8.78.